The summed E-state index contributed by atoms with van der Waals surface area (Å²) < 4.78 is 23.5. The van der Waals surface area contributed by atoms with Crippen LogP contribution in [-0.4, -0.2) is 16.9 Å². The van der Waals surface area contributed by atoms with Crippen molar-refractivity contribution in [1.82, 2.24) is 0 Å². The second-order valence-corrected chi connectivity index (χ2v) is 2.27. The zero-order chi connectivity index (χ0) is 8.36. The fourth-order valence-corrected chi connectivity index (χ4v) is 0.393. The first-order valence-corrected chi connectivity index (χ1v) is 2.81. The van der Waals surface area contributed by atoms with Crippen LogP contribution in [0.3, 0.4) is 0 Å². The third-order valence-electron chi connectivity index (χ3n) is 0.726. The molecule has 0 N–H and O–H groups in total. The van der Waals surface area contributed by atoms with Crippen molar-refractivity contribution in [2.45, 2.75) is 18.7 Å². The largest absolute Gasteiger partial charge is 0.380 e. The molecular weight excluding hydrogens is 166 g/mol. The lowest BCUT2D eigenvalue weighted by Gasteiger charge is -2.02. The molecule has 0 amide bonds. The summed E-state index contributed by atoms with van der Waals surface area (Å²) in [5.41, 5.74) is 0. The van der Waals surface area contributed by atoms with Gasteiger partial charge in [-0.1, -0.05) is 0 Å². The van der Waals surface area contributed by atoms with Crippen LogP contribution in [0.1, 0.15) is 13.3 Å². The molecule has 0 bridgehead atoms. The molecule has 0 aliphatic carbocycles. The van der Waals surface area contributed by atoms with E-state index in [1.54, 1.807) is 0 Å². The minimum atomic E-state index is -3.90. The first-order valence-electron chi connectivity index (χ1n) is 2.43. The Morgan fingerprint density at radius 1 is 1.50 bits per heavy atom. The van der Waals surface area contributed by atoms with Crippen LogP contribution in [0.25, 0.3) is 0 Å². The third kappa shape index (κ3) is 3.50. The molecule has 10 heavy (non-hydrogen) atoms. The maximum atomic E-state index is 11.7. The number of hydrogen-bond acceptors (Lipinski definition) is 2. The number of halogens is 3. The Labute approximate surface area is 61.2 Å². The highest BCUT2D eigenvalue weighted by Crippen LogP contribution is 2.21. The highest BCUT2D eigenvalue weighted by Gasteiger charge is 2.35. The maximum absolute atomic E-state index is 11.7. The average molecular weight is 171 g/mol. The number of rotatable bonds is 3. The third-order valence-corrected chi connectivity index (χ3v) is 0.936. The molecule has 0 unspecified atom stereocenters. The van der Waals surface area contributed by atoms with Crippen LogP contribution in [0, 0.1) is 0 Å². The van der Waals surface area contributed by atoms with Gasteiger partial charge in [0, 0.05) is 0 Å². The van der Waals surface area contributed by atoms with E-state index in [9.17, 15) is 18.4 Å². The van der Waals surface area contributed by atoms with Crippen molar-refractivity contribution in [3.63, 3.8) is 0 Å². The molecule has 2 nitrogen and oxygen atoms in total. The van der Waals surface area contributed by atoms with Crippen molar-refractivity contribution in [1.29, 1.82) is 0 Å². The second-order valence-electron chi connectivity index (χ2n) is 1.80. The fraction of sp³-hybridized carbons (Fsp3) is 0.600. The van der Waals surface area contributed by atoms with E-state index in [4.69, 9.17) is 0 Å². The van der Waals surface area contributed by atoms with E-state index in [0.29, 0.717) is 0 Å². The lowest BCUT2D eigenvalue weighted by Crippen LogP contribution is -2.23. The summed E-state index contributed by atoms with van der Waals surface area (Å²) in [5, 5.41) is -3.90. The number of ketones is 2. The van der Waals surface area contributed by atoms with E-state index in [1.165, 1.54) is 0 Å². The van der Waals surface area contributed by atoms with Gasteiger partial charge in [-0.25, -0.2) is 0 Å². The summed E-state index contributed by atoms with van der Waals surface area (Å²) in [5.74, 6) is -2.17. The predicted octanol–water partition coefficient (Wildman–Crippen LogP) is 1.37. The van der Waals surface area contributed by atoms with Crippen molar-refractivity contribution in [2.24, 2.45) is 0 Å². The molecule has 0 spiro atoms. The van der Waals surface area contributed by atoms with Crippen molar-refractivity contribution < 1.29 is 18.4 Å². The number of carbonyl (C=O) groups is 2. The summed E-state index contributed by atoms with van der Waals surface area (Å²) in [7, 11) is 0. The van der Waals surface area contributed by atoms with E-state index < -0.39 is 23.4 Å². The molecule has 0 saturated carbocycles. The predicted molar refractivity (Wildman–Crippen MR) is 31.1 cm³/mol. The van der Waals surface area contributed by atoms with Gasteiger partial charge >= 0.3 is 5.38 Å². The maximum Gasteiger partial charge on any atom is 0.380 e. The molecule has 0 fully saturated rings. The standard InChI is InChI=1S/C5H5ClF2O2/c1-3(9)2-4(10)5(6,7)8/h2H2,1H3. The average Bonchev–Trinajstić information content (AvgIpc) is 1.60. The van der Waals surface area contributed by atoms with Gasteiger partial charge in [0.25, 0.3) is 0 Å². The van der Waals surface area contributed by atoms with Crippen LogP contribution >= 0.6 is 11.6 Å². The van der Waals surface area contributed by atoms with Gasteiger partial charge in [0.2, 0.25) is 5.78 Å². The van der Waals surface area contributed by atoms with Gasteiger partial charge in [0.1, 0.15) is 5.78 Å². The molecule has 0 rings (SSSR count). The minimum absolute atomic E-state index is 0.620. The molecule has 0 aliphatic rings. The van der Waals surface area contributed by atoms with Gasteiger partial charge in [-0.2, -0.15) is 8.78 Å². The van der Waals surface area contributed by atoms with E-state index in [2.05, 4.69) is 11.6 Å². The molecule has 0 aliphatic heterocycles. The summed E-state index contributed by atoms with van der Waals surface area (Å²) in [6.45, 7) is 1.04. The molecular formula is C5H5ClF2O2. The summed E-state index contributed by atoms with van der Waals surface area (Å²) >= 11 is 4.29. The Hall–Kier alpha value is -0.510. The van der Waals surface area contributed by atoms with Crippen LogP contribution in [0.2, 0.25) is 0 Å². The molecule has 0 aromatic rings. The first-order chi connectivity index (χ1) is 4.34. The van der Waals surface area contributed by atoms with Gasteiger partial charge in [-0.3, -0.25) is 9.59 Å². The highest BCUT2D eigenvalue weighted by molar-refractivity contribution is 6.33. The van der Waals surface area contributed by atoms with E-state index in [-0.39, 0.29) is 0 Å². The molecule has 58 valence electrons. The number of Topliss-reactive ketones (excluding diaryl/α,β-unsaturated/α-hetero) is 2. The highest BCUT2D eigenvalue weighted by atomic mass is 35.5. The molecule has 0 heterocycles. The van der Waals surface area contributed by atoms with Crippen LogP contribution in [0.5, 0.6) is 0 Å². The van der Waals surface area contributed by atoms with Gasteiger partial charge in [-0.05, 0) is 18.5 Å². The molecule has 0 radical (unpaired) electrons. The molecule has 0 saturated heterocycles. The van der Waals surface area contributed by atoms with Crippen molar-refractivity contribution >= 4 is 23.2 Å². The molecule has 0 atom stereocenters. The summed E-state index contributed by atoms with van der Waals surface area (Å²) in [4.78, 5) is 20.3. The SMILES string of the molecule is CC(=O)CC(=O)C(F)(F)Cl. The Balaban J connectivity index is 3.99. The lowest BCUT2D eigenvalue weighted by molar-refractivity contribution is -0.136. The van der Waals surface area contributed by atoms with Crippen LogP contribution in [-0.2, 0) is 9.59 Å². The normalized spacial score (nSPS) is 11.2. The van der Waals surface area contributed by atoms with Crippen LogP contribution in [0.4, 0.5) is 8.78 Å². The van der Waals surface area contributed by atoms with E-state index in [1.807, 2.05) is 0 Å². The van der Waals surface area contributed by atoms with Crippen LogP contribution in [0.15, 0.2) is 0 Å². The Morgan fingerprint density at radius 3 is 2.00 bits per heavy atom. The summed E-state index contributed by atoms with van der Waals surface area (Å²) in [6.07, 6.45) is -0.809. The molecule has 0 aromatic carbocycles. The second kappa shape index (κ2) is 3.05. The monoisotopic (exact) mass is 170 g/mol. The number of alkyl halides is 3. The zero-order valence-corrected chi connectivity index (χ0v) is 5.91. The Kier molecular flexibility index (Phi) is 2.90. The van der Waals surface area contributed by atoms with E-state index >= 15 is 0 Å². The van der Waals surface area contributed by atoms with E-state index in [0.717, 1.165) is 6.92 Å². The first kappa shape index (κ1) is 9.49. The zero-order valence-electron chi connectivity index (χ0n) is 5.16. The smallest absolute Gasteiger partial charge is 0.300 e. The molecule has 5 heteroatoms. The van der Waals surface area contributed by atoms with Gasteiger partial charge in [-0.15, -0.1) is 0 Å². The van der Waals surface area contributed by atoms with Crippen molar-refractivity contribution in [2.75, 3.05) is 0 Å². The van der Waals surface area contributed by atoms with Crippen molar-refractivity contribution in [3.05, 3.63) is 0 Å². The Bertz CT molecular complexity index is 162. The summed E-state index contributed by atoms with van der Waals surface area (Å²) in [6, 6.07) is 0. The van der Waals surface area contributed by atoms with Crippen LogP contribution < -0.4 is 0 Å². The number of carbonyl (C=O) groups excluding carboxylic acids is 2. The van der Waals surface area contributed by atoms with Gasteiger partial charge < -0.3 is 0 Å². The quantitative estimate of drug-likeness (QED) is 0.474. The topological polar surface area (TPSA) is 34.1 Å². The lowest BCUT2D eigenvalue weighted by atomic mass is 10.2. The van der Waals surface area contributed by atoms with Gasteiger partial charge in [0.05, 0.1) is 6.42 Å². The molecule has 0 aromatic heterocycles. The minimum Gasteiger partial charge on any atom is -0.300 e. The Morgan fingerprint density at radius 2 is 1.90 bits per heavy atom. The van der Waals surface area contributed by atoms with Gasteiger partial charge in [0.15, 0.2) is 0 Å². The number of hydrogen-bond donors (Lipinski definition) is 0. The van der Waals surface area contributed by atoms with Crippen molar-refractivity contribution in [3.8, 4) is 0 Å². The fourth-order valence-electron chi connectivity index (χ4n) is 0.326.